The quantitative estimate of drug-likeness (QED) is 0.243. The van der Waals surface area contributed by atoms with Gasteiger partial charge in [0, 0.05) is 5.92 Å². The minimum Gasteiger partial charge on any atom is -0.508 e. The minimum absolute atomic E-state index is 0.0869. The number of aromatic hydroxyl groups is 1. The van der Waals surface area contributed by atoms with E-state index >= 15 is 0 Å². The number of phenols is 1. The molecule has 2 atom stereocenters. The monoisotopic (exact) mass is 576 g/mol. The molecule has 0 saturated heterocycles. The average molecular weight is 577 g/mol. The summed E-state index contributed by atoms with van der Waals surface area (Å²) in [5.74, 6) is 0.680. The van der Waals surface area contributed by atoms with Crippen LogP contribution in [0, 0.1) is 23.7 Å². The predicted molar refractivity (Wildman–Crippen MR) is 159 cm³/mol. The zero-order valence-electron chi connectivity index (χ0n) is 24.9. The third-order valence-corrected chi connectivity index (χ3v) is 9.64. The Morgan fingerprint density at radius 1 is 0.952 bits per heavy atom. The number of allylic oxidation sites excluding steroid dienone is 1. The van der Waals surface area contributed by atoms with Crippen LogP contribution in [0.15, 0.2) is 48.2 Å². The number of aliphatic hydroxyl groups is 2. The Kier molecular flexibility index (Phi) is 9.09. The van der Waals surface area contributed by atoms with Gasteiger partial charge in [0.05, 0.1) is 17.1 Å². The lowest BCUT2D eigenvalue weighted by atomic mass is 9.72. The molecule has 0 aliphatic heterocycles. The average Bonchev–Trinajstić information content (AvgIpc) is 3.30. The maximum atomic E-state index is 13.1. The maximum absolute atomic E-state index is 13.1. The van der Waals surface area contributed by atoms with Gasteiger partial charge in [0.15, 0.2) is 6.29 Å². The van der Waals surface area contributed by atoms with E-state index in [-0.39, 0.29) is 29.5 Å². The van der Waals surface area contributed by atoms with Crippen molar-refractivity contribution < 1.29 is 34.4 Å². The van der Waals surface area contributed by atoms with Crippen molar-refractivity contribution in [1.29, 1.82) is 0 Å². The van der Waals surface area contributed by atoms with Gasteiger partial charge < -0.3 is 24.8 Å². The summed E-state index contributed by atoms with van der Waals surface area (Å²) in [6.45, 7) is 5.28. The molecule has 7 nitrogen and oxygen atoms in total. The molecule has 0 amide bonds. The molecule has 3 aliphatic rings. The van der Waals surface area contributed by atoms with Gasteiger partial charge in [-0.3, -0.25) is 4.79 Å². The largest absolute Gasteiger partial charge is 0.508 e. The molecule has 0 aromatic heterocycles. The molecule has 7 heteroatoms. The number of ether oxygens (including phenoxy) is 2. The van der Waals surface area contributed by atoms with E-state index in [2.05, 4.69) is 18.2 Å². The van der Waals surface area contributed by atoms with Crippen LogP contribution in [-0.2, 0) is 20.7 Å². The summed E-state index contributed by atoms with van der Waals surface area (Å²) in [4.78, 5) is 25.6. The van der Waals surface area contributed by atoms with Gasteiger partial charge in [0.1, 0.15) is 11.5 Å². The molecule has 3 aliphatic carbocycles. The molecule has 0 radical (unpaired) electrons. The standard InChI is InChI=1S/C35H44O7/c1-21(36)41-33(38)25-10-8-24(9-11-25)32-30-19-23(18-22-5-14-28(15-6-22)35(2,3)40)4-7-27(30)20-31(32)42-34(39)26-12-16-29(37)17-13-26/h4,7,12-13,16-17,19-22,24-25,28,32,36-37,40H,5-6,8-11,14-15,18H2,1-3H3. The van der Waals surface area contributed by atoms with E-state index in [0.717, 1.165) is 50.5 Å². The summed E-state index contributed by atoms with van der Waals surface area (Å²) in [7, 11) is 0. The van der Waals surface area contributed by atoms with Crippen molar-refractivity contribution in [3.63, 3.8) is 0 Å². The highest BCUT2D eigenvalue weighted by Crippen LogP contribution is 2.48. The molecule has 2 fully saturated rings. The van der Waals surface area contributed by atoms with Gasteiger partial charge in [-0.15, -0.1) is 0 Å². The van der Waals surface area contributed by atoms with Crippen LogP contribution >= 0.6 is 0 Å². The summed E-state index contributed by atoms with van der Waals surface area (Å²) in [6, 6.07) is 12.7. The fourth-order valence-electron chi connectivity index (χ4n) is 7.25. The van der Waals surface area contributed by atoms with Crippen LogP contribution in [0.25, 0.3) is 6.08 Å². The second kappa shape index (κ2) is 12.6. The van der Waals surface area contributed by atoms with Crippen molar-refractivity contribution in [3.05, 3.63) is 70.5 Å². The topological polar surface area (TPSA) is 113 Å². The third kappa shape index (κ3) is 7.07. The Morgan fingerprint density at radius 3 is 2.24 bits per heavy atom. The molecular weight excluding hydrogens is 532 g/mol. The molecule has 3 N–H and O–H groups in total. The van der Waals surface area contributed by atoms with Crippen LogP contribution in [0.5, 0.6) is 5.75 Å². The first-order valence-electron chi connectivity index (χ1n) is 15.4. The van der Waals surface area contributed by atoms with Crippen molar-refractivity contribution in [1.82, 2.24) is 0 Å². The fourth-order valence-corrected chi connectivity index (χ4v) is 7.25. The van der Waals surface area contributed by atoms with Crippen molar-refractivity contribution in [3.8, 4) is 5.75 Å². The number of esters is 2. The molecule has 42 heavy (non-hydrogen) atoms. The molecule has 0 bridgehead atoms. The maximum Gasteiger partial charge on any atom is 0.343 e. The lowest BCUT2D eigenvalue weighted by Gasteiger charge is -2.36. The van der Waals surface area contributed by atoms with Crippen LogP contribution in [-0.4, -0.2) is 39.1 Å². The molecule has 2 aromatic rings. The Hall–Kier alpha value is -3.16. The summed E-state index contributed by atoms with van der Waals surface area (Å²) < 4.78 is 11.1. The van der Waals surface area contributed by atoms with Crippen molar-refractivity contribution in [2.75, 3.05) is 0 Å². The molecule has 2 saturated carbocycles. The zero-order valence-corrected chi connectivity index (χ0v) is 24.9. The summed E-state index contributed by atoms with van der Waals surface area (Å²) in [5.41, 5.74) is 3.24. The normalized spacial score (nSPS) is 26.6. The summed E-state index contributed by atoms with van der Waals surface area (Å²) in [5, 5.41) is 29.6. The lowest BCUT2D eigenvalue weighted by Crippen LogP contribution is -2.34. The van der Waals surface area contributed by atoms with Gasteiger partial charge in [-0.25, -0.2) is 4.79 Å². The molecule has 0 heterocycles. The van der Waals surface area contributed by atoms with Gasteiger partial charge in [-0.05, 0) is 143 Å². The van der Waals surface area contributed by atoms with Crippen LogP contribution in [0.1, 0.15) is 105 Å². The van der Waals surface area contributed by atoms with E-state index < -0.39 is 17.9 Å². The Balaban J connectivity index is 1.33. The third-order valence-electron chi connectivity index (χ3n) is 9.64. The number of aliphatic hydroxyl groups excluding tert-OH is 1. The zero-order chi connectivity index (χ0) is 30.0. The number of rotatable bonds is 8. The highest BCUT2D eigenvalue weighted by molar-refractivity contribution is 5.91. The molecule has 2 unspecified atom stereocenters. The van der Waals surface area contributed by atoms with Gasteiger partial charge >= 0.3 is 11.9 Å². The lowest BCUT2D eigenvalue weighted by molar-refractivity contribution is -0.171. The SMILES string of the molecule is CC(O)OC(=O)C1CCC(C2C(OC(=O)c3ccc(O)cc3)=Cc3ccc(CC4CCC(C(C)(C)O)CC4)cc32)CC1. The van der Waals surface area contributed by atoms with Crippen molar-refractivity contribution >= 4 is 18.0 Å². The summed E-state index contributed by atoms with van der Waals surface area (Å²) in [6.07, 6.45) is 9.02. The molecule has 2 aromatic carbocycles. The molecule has 226 valence electrons. The van der Waals surface area contributed by atoms with Crippen LogP contribution in [0.4, 0.5) is 0 Å². The fraction of sp³-hybridized carbons (Fsp3) is 0.543. The Bertz CT molecular complexity index is 1290. The van der Waals surface area contributed by atoms with E-state index in [0.29, 0.717) is 36.0 Å². The number of hydrogen-bond donors (Lipinski definition) is 3. The highest BCUT2D eigenvalue weighted by atomic mass is 16.6. The van der Waals surface area contributed by atoms with Gasteiger partial charge in [-0.1, -0.05) is 18.2 Å². The van der Waals surface area contributed by atoms with Crippen molar-refractivity contribution in [2.24, 2.45) is 23.7 Å². The van der Waals surface area contributed by atoms with E-state index in [4.69, 9.17) is 9.47 Å². The molecular formula is C35H44O7. The van der Waals surface area contributed by atoms with Crippen LogP contribution in [0.2, 0.25) is 0 Å². The number of carbonyl (C=O) groups excluding carboxylic acids is 2. The van der Waals surface area contributed by atoms with E-state index in [1.165, 1.54) is 30.2 Å². The second-order valence-corrected chi connectivity index (χ2v) is 13.1. The first-order chi connectivity index (χ1) is 20.0. The van der Waals surface area contributed by atoms with E-state index in [1.807, 2.05) is 19.9 Å². The van der Waals surface area contributed by atoms with E-state index in [1.54, 1.807) is 12.1 Å². The van der Waals surface area contributed by atoms with Crippen LogP contribution in [0.3, 0.4) is 0 Å². The minimum atomic E-state index is -1.12. The number of phenolic OH excluding ortho intramolecular Hbond substituents is 1. The summed E-state index contributed by atoms with van der Waals surface area (Å²) >= 11 is 0. The highest BCUT2D eigenvalue weighted by Gasteiger charge is 2.39. The van der Waals surface area contributed by atoms with Crippen LogP contribution < -0.4 is 0 Å². The number of fused-ring (bicyclic) bond motifs is 1. The van der Waals surface area contributed by atoms with Gasteiger partial charge in [0.2, 0.25) is 0 Å². The molecule has 0 spiro atoms. The molecule has 5 rings (SSSR count). The second-order valence-electron chi connectivity index (χ2n) is 13.1. The number of carbonyl (C=O) groups is 2. The Labute approximate surface area is 248 Å². The number of benzene rings is 2. The number of hydrogen-bond acceptors (Lipinski definition) is 7. The Morgan fingerprint density at radius 2 is 1.62 bits per heavy atom. The van der Waals surface area contributed by atoms with Crippen molar-refractivity contribution in [2.45, 2.75) is 96.4 Å². The van der Waals surface area contributed by atoms with Gasteiger partial charge in [-0.2, -0.15) is 0 Å². The predicted octanol–water partition coefficient (Wildman–Crippen LogP) is 6.50. The van der Waals surface area contributed by atoms with Gasteiger partial charge in [0.25, 0.3) is 0 Å². The van der Waals surface area contributed by atoms with E-state index in [9.17, 15) is 24.9 Å². The smallest absolute Gasteiger partial charge is 0.343 e. The first kappa shape index (κ1) is 30.3. The first-order valence-corrected chi connectivity index (χ1v) is 15.4.